The zero-order valence-electron chi connectivity index (χ0n) is 13.8. The lowest BCUT2D eigenvalue weighted by Crippen LogP contribution is -2.09. The molecule has 0 spiro atoms. The fraction of sp³-hybridized carbons (Fsp3) is 0. The highest BCUT2D eigenvalue weighted by molar-refractivity contribution is 6.13. The molecule has 0 bridgehead atoms. The van der Waals surface area contributed by atoms with Crippen molar-refractivity contribution in [1.82, 2.24) is 0 Å². The predicted molar refractivity (Wildman–Crippen MR) is 104 cm³/mol. The highest BCUT2D eigenvalue weighted by Gasteiger charge is 2.10. The summed E-state index contributed by atoms with van der Waals surface area (Å²) in [5.41, 5.74) is 3.50. The number of anilines is 3. The molecule has 7 heteroatoms. The van der Waals surface area contributed by atoms with Crippen LogP contribution in [-0.4, -0.2) is 35.5 Å². The second kappa shape index (κ2) is 12.8. The molecule has 0 fully saturated rings. The van der Waals surface area contributed by atoms with E-state index in [1.165, 1.54) is 17.1 Å². The molecule has 0 saturated heterocycles. The lowest BCUT2D eigenvalue weighted by molar-refractivity contribution is 0.447. The van der Waals surface area contributed by atoms with Gasteiger partial charge >= 0.3 is 15.4 Å². The van der Waals surface area contributed by atoms with Crippen LogP contribution in [0.5, 0.6) is 0 Å². The summed E-state index contributed by atoms with van der Waals surface area (Å²) in [6, 6.07) is 31.3. The largest absolute Gasteiger partial charge is 0.432 e. The van der Waals surface area contributed by atoms with E-state index in [9.17, 15) is 0 Å². The molecule has 5 nitrogen and oxygen atoms in total. The monoisotopic (exact) mass is 337 g/mol. The summed E-state index contributed by atoms with van der Waals surface area (Å²) in [6.45, 7) is 0. The molecule has 0 aliphatic carbocycles. The maximum absolute atomic E-state index is 7.12. The first kappa shape index (κ1) is 20.5. The summed E-state index contributed by atoms with van der Waals surface area (Å²) in [6.07, 6.45) is 0. The van der Waals surface area contributed by atoms with Gasteiger partial charge in [0.2, 0.25) is 0 Å². The van der Waals surface area contributed by atoms with Gasteiger partial charge in [-0.25, -0.2) is 0 Å². The molecule has 25 heavy (non-hydrogen) atoms. The standard InChI is InChI=1S/C18H15N.2BH3O2/c1-4-10-16(11-5-1)19(17-12-6-2-7-13-17)18-14-8-3-9-15-18;2*2-1-3/h1-15H;2*1-3H. The van der Waals surface area contributed by atoms with E-state index in [0.29, 0.717) is 0 Å². The average molecular weight is 337 g/mol. The minimum Gasteiger partial charge on any atom is -0.430 e. The summed E-state index contributed by atoms with van der Waals surface area (Å²) in [7, 11) is -1.50. The first-order valence-corrected chi connectivity index (χ1v) is 7.67. The van der Waals surface area contributed by atoms with Crippen LogP contribution in [0.15, 0.2) is 91.0 Å². The van der Waals surface area contributed by atoms with Gasteiger partial charge in [0.05, 0.1) is 0 Å². The fourth-order valence-corrected chi connectivity index (χ4v) is 2.18. The van der Waals surface area contributed by atoms with Crippen LogP contribution in [0.4, 0.5) is 17.1 Å². The molecular weight excluding hydrogens is 316 g/mol. The van der Waals surface area contributed by atoms with E-state index in [2.05, 4.69) is 77.7 Å². The Balaban J connectivity index is 0.000000460. The van der Waals surface area contributed by atoms with Gasteiger partial charge in [-0.1, -0.05) is 54.6 Å². The smallest absolute Gasteiger partial charge is 0.430 e. The molecule has 0 saturated carbocycles. The first-order chi connectivity index (χ1) is 12.3. The van der Waals surface area contributed by atoms with Crippen LogP contribution < -0.4 is 4.90 Å². The van der Waals surface area contributed by atoms with Crippen molar-refractivity contribution in [3.8, 4) is 0 Å². The Hall–Kier alpha value is -2.57. The number of nitrogens with zero attached hydrogens (tertiary/aromatic N) is 1. The van der Waals surface area contributed by atoms with Crippen molar-refractivity contribution in [2.45, 2.75) is 0 Å². The van der Waals surface area contributed by atoms with Crippen LogP contribution in [0.1, 0.15) is 0 Å². The fourth-order valence-electron chi connectivity index (χ4n) is 2.18. The Bertz CT molecular complexity index is 577. The molecule has 3 rings (SSSR count). The minimum absolute atomic E-state index is 0.750. The zero-order chi connectivity index (χ0) is 18.3. The van der Waals surface area contributed by atoms with Gasteiger partial charge < -0.3 is 25.0 Å². The Kier molecular flexibility index (Phi) is 10.5. The molecule has 0 aromatic heterocycles. The SMILES string of the molecule is OBO.OBO.c1ccc(N(c2ccccc2)c2ccccc2)cc1. The van der Waals surface area contributed by atoms with E-state index in [1.54, 1.807) is 0 Å². The molecule has 0 aliphatic heterocycles. The molecule has 0 unspecified atom stereocenters. The van der Waals surface area contributed by atoms with Crippen molar-refractivity contribution >= 4 is 32.4 Å². The number of para-hydroxylation sites is 3. The number of hydrogen-bond acceptors (Lipinski definition) is 5. The summed E-state index contributed by atoms with van der Waals surface area (Å²) in [5.74, 6) is 0. The van der Waals surface area contributed by atoms with E-state index >= 15 is 0 Å². The van der Waals surface area contributed by atoms with Gasteiger partial charge in [0.1, 0.15) is 0 Å². The quantitative estimate of drug-likeness (QED) is 0.546. The molecule has 0 heterocycles. The lowest BCUT2D eigenvalue weighted by atomic mass is 10.2. The third-order valence-electron chi connectivity index (χ3n) is 3.04. The Morgan fingerprint density at radius 2 is 0.640 bits per heavy atom. The summed E-state index contributed by atoms with van der Waals surface area (Å²) < 4.78 is 0. The number of benzene rings is 3. The third-order valence-corrected chi connectivity index (χ3v) is 3.04. The summed E-state index contributed by atoms with van der Waals surface area (Å²) >= 11 is 0. The molecule has 128 valence electrons. The molecule has 3 aromatic rings. The summed E-state index contributed by atoms with van der Waals surface area (Å²) in [5, 5.41) is 28.5. The van der Waals surface area contributed by atoms with Crippen LogP contribution >= 0.6 is 0 Å². The van der Waals surface area contributed by atoms with Crippen LogP contribution in [0.2, 0.25) is 0 Å². The Morgan fingerprint density at radius 3 is 0.840 bits per heavy atom. The molecule has 3 aromatic carbocycles. The summed E-state index contributed by atoms with van der Waals surface area (Å²) in [4.78, 5) is 2.25. The van der Waals surface area contributed by atoms with Crippen LogP contribution in [0, 0.1) is 0 Å². The predicted octanol–water partition coefficient (Wildman–Crippen LogP) is 1.63. The van der Waals surface area contributed by atoms with Gasteiger partial charge in [-0.15, -0.1) is 0 Å². The van der Waals surface area contributed by atoms with Crippen molar-refractivity contribution in [3.05, 3.63) is 91.0 Å². The third kappa shape index (κ3) is 7.24. The van der Waals surface area contributed by atoms with Gasteiger partial charge in [-0.2, -0.15) is 0 Å². The molecular formula is C18H21B2NO4. The van der Waals surface area contributed by atoms with Crippen LogP contribution in [0.25, 0.3) is 0 Å². The molecule has 0 radical (unpaired) electrons. The second-order valence-corrected chi connectivity index (χ2v) is 4.62. The van der Waals surface area contributed by atoms with Gasteiger partial charge in [0.25, 0.3) is 0 Å². The highest BCUT2D eigenvalue weighted by atomic mass is 16.4. The van der Waals surface area contributed by atoms with E-state index in [4.69, 9.17) is 20.1 Å². The van der Waals surface area contributed by atoms with Crippen LogP contribution in [0.3, 0.4) is 0 Å². The highest BCUT2D eigenvalue weighted by Crippen LogP contribution is 2.33. The normalized spacial score (nSPS) is 8.80. The maximum Gasteiger partial charge on any atom is 0.432 e. The topological polar surface area (TPSA) is 84.2 Å². The van der Waals surface area contributed by atoms with Crippen molar-refractivity contribution in [2.75, 3.05) is 4.90 Å². The van der Waals surface area contributed by atoms with Gasteiger partial charge in [0, 0.05) is 17.1 Å². The second-order valence-electron chi connectivity index (χ2n) is 4.62. The molecule has 0 amide bonds. The number of rotatable bonds is 3. The van der Waals surface area contributed by atoms with E-state index in [1.807, 2.05) is 18.2 Å². The maximum atomic E-state index is 7.12. The van der Waals surface area contributed by atoms with Crippen molar-refractivity contribution in [1.29, 1.82) is 0 Å². The molecule has 0 aliphatic rings. The average Bonchev–Trinajstić information content (AvgIpc) is 2.66. The Labute approximate surface area is 149 Å². The van der Waals surface area contributed by atoms with Crippen LogP contribution in [-0.2, 0) is 0 Å². The van der Waals surface area contributed by atoms with Crippen molar-refractivity contribution in [2.24, 2.45) is 0 Å². The minimum atomic E-state index is -0.750. The molecule has 4 N–H and O–H groups in total. The van der Waals surface area contributed by atoms with E-state index in [0.717, 1.165) is 0 Å². The number of hydrogen-bond donors (Lipinski definition) is 4. The van der Waals surface area contributed by atoms with Gasteiger partial charge in [-0.05, 0) is 36.4 Å². The van der Waals surface area contributed by atoms with Crippen molar-refractivity contribution < 1.29 is 20.1 Å². The van der Waals surface area contributed by atoms with E-state index < -0.39 is 15.4 Å². The van der Waals surface area contributed by atoms with Gasteiger partial charge in [0.15, 0.2) is 0 Å². The zero-order valence-corrected chi connectivity index (χ0v) is 13.8. The molecule has 0 atom stereocenters. The Morgan fingerprint density at radius 1 is 0.440 bits per heavy atom. The lowest BCUT2D eigenvalue weighted by Gasteiger charge is -2.25. The first-order valence-electron chi connectivity index (χ1n) is 7.67. The van der Waals surface area contributed by atoms with E-state index in [-0.39, 0.29) is 0 Å². The van der Waals surface area contributed by atoms with Gasteiger partial charge in [-0.3, -0.25) is 0 Å². The van der Waals surface area contributed by atoms with Crippen molar-refractivity contribution in [3.63, 3.8) is 0 Å².